The van der Waals surface area contributed by atoms with Crippen LogP contribution in [0.3, 0.4) is 0 Å². The van der Waals surface area contributed by atoms with Crippen molar-refractivity contribution in [3.63, 3.8) is 0 Å². The summed E-state index contributed by atoms with van der Waals surface area (Å²) in [5.74, 6) is 0.873. The number of carbonyl (C=O) groups is 2. The van der Waals surface area contributed by atoms with Crippen LogP contribution in [0, 0.1) is 0 Å². The van der Waals surface area contributed by atoms with Crippen molar-refractivity contribution in [2.75, 3.05) is 13.7 Å². The first-order valence-electron chi connectivity index (χ1n) is 6.93. The summed E-state index contributed by atoms with van der Waals surface area (Å²) in [5, 5.41) is 0. The Labute approximate surface area is 133 Å². The van der Waals surface area contributed by atoms with Gasteiger partial charge in [-0.15, -0.1) is 0 Å². The van der Waals surface area contributed by atoms with E-state index in [1.807, 2.05) is 6.92 Å². The largest absolute Gasteiger partial charge is 0.513 e. The van der Waals surface area contributed by atoms with E-state index in [-0.39, 0.29) is 5.75 Å². The van der Waals surface area contributed by atoms with Crippen LogP contribution in [0.25, 0.3) is 0 Å². The third-order valence-corrected chi connectivity index (χ3v) is 2.80. The van der Waals surface area contributed by atoms with Crippen LogP contribution in [0.15, 0.2) is 48.5 Å². The number of benzene rings is 2. The maximum Gasteiger partial charge on any atom is 0.513 e. The first-order valence-corrected chi connectivity index (χ1v) is 6.93. The van der Waals surface area contributed by atoms with E-state index in [2.05, 4.69) is 4.74 Å². The van der Waals surface area contributed by atoms with Crippen LogP contribution in [-0.4, -0.2) is 25.8 Å². The molecule has 0 spiro atoms. The molecule has 0 radical (unpaired) electrons. The molecule has 2 aromatic carbocycles. The average molecular weight is 316 g/mol. The first kappa shape index (κ1) is 16.4. The summed E-state index contributed by atoms with van der Waals surface area (Å²) in [6.45, 7) is 2.46. The fraction of sp³-hybridized carbons (Fsp3) is 0.176. The Kier molecular flexibility index (Phi) is 5.57. The molecule has 0 aliphatic heterocycles. The molecule has 6 heteroatoms. The summed E-state index contributed by atoms with van der Waals surface area (Å²) in [5.41, 5.74) is 0.330. The topological polar surface area (TPSA) is 71.1 Å². The number of esters is 1. The van der Waals surface area contributed by atoms with E-state index in [0.29, 0.717) is 23.7 Å². The molecule has 0 aliphatic rings. The van der Waals surface area contributed by atoms with E-state index in [4.69, 9.17) is 14.2 Å². The van der Waals surface area contributed by atoms with Crippen molar-refractivity contribution in [2.45, 2.75) is 6.92 Å². The van der Waals surface area contributed by atoms with Crippen molar-refractivity contribution in [1.29, 1.82) is 0 Å². The Balaban J connectivity index is 1.98. The summed E-state index contributed by atoms with van der Waals surface area (Å²) in [6, 6.07) is 12.7. The Morgan fingerprint density at radius 3 is 1.91 bits per heavy atom. The molecule has 0 aromatic heterocycles. The molecule has 0 amide bonds. The van der Waals surface area contributed by atoms with Gasteiger partial charge in [0.05, 0.1) is 19.3 Å². The quantitative estimate of drug-likeness (QED) is 0.478. The van der Waals surface area contributed by atoms with E-state index in [0.717, 1.165) is 0 Å². The highest BCUT2D eigenvalue weighted by Gasteiger charge is 2.10. The van der Waals surface area contributed by atoms with Gasteiger partial charge in [-0.2, -0.15) is 0 Å². The number of rotatable bonds is 5. The highest BCUT2D eigenvalue weighted by atomic mass is 16.7. The van der Waals surface area contributed by atoms with Crippen LogP contribution in [0.1, 0.15) is 17.3 Å². The number of carbonyl (C=O) groups excluding carboxylic acids is 2. The van der Waals surface area contributed by atoms with E-state index in [9.17, 15) is 9.59 Å². The van der Waals surface area contributed by atoms with Gasteiger partial charge in [-0.25, -0.2) is 9.59 Å². The molecule has 2 aromatic rings. The average Bonchev–Trinajstić information content (AvgIpc) is 2.57. The third kappa shape index (κ3) is 4.74. The molecule has 0 heterocycles. The number of ether oxygens (including phenoxy) is 4. The normalized spacial score (nSPS) is 9.83. The molecular formula is C17H16O6. The molecule has 0 atom stereocenters. The zero-order valence-electron chi connectivity index (χ0n) is 12.8. The summed E-state index contributed by atoms with van der Waals surface area (Å²) in [6.07, 6.45) is -0.824. The second kappa shape index (κ2) is 7.84. The minimum absolute atomic E-state index is 0.273. The Morgan fingerprint density at radius 1 is 0.826 bits per heavy atom. The van der Waals surface area contributed by atoms with Gasteiger partial charge in [0.2, 0.25) is 0 Å². The van der Waals surface area contributed by atoms with E-state index in [1.165, 1.54) is 31.4 Å². The molecule has 0 bridgehead atoms. The van der Waals surface area contributed by atoms with E-state index >= 15 is 0 Å². The predicted molar refractivity (Wildman–Crippen MR) is 82.0 cm³/mol. The standard InChI is InChI=1S/C17H16O6/c1-3-21-13-8-10-14(11-9-13)22-16(18)12-4-6-15(7-5-12)23-17(19)20-2/h4-11H,3H2,1-2H3. The highest BCUT2D eigenvalue weighted by Crippen LogP contribution is 2.19. The number of hydrogen-bond acceptors (Lipinski definition) is 6. The minimum atomic E-state index is -0.824. The van der Waals surface area contributed by atoms with Crippen molar-refractivity contribution in [1.82, 2.24) is 0 Å². The molecule has 0 saturated heterocycles. The van der Waals surface area contributed by atoms with Gasteiger partial charge in [-0.1, -0.05) is 0 Å². The van der Waals surface area contributed by atoms with Crippen LogP contribution in [-0.2, 0) is 4.74 Å². The van der Waals surface area contributed by atoms with Crippen LogP contribution >= 0.6 is 0 Å². The summed E-state index contributed by atoms with van der Waals surface area (Å²) >= 11 is 0. The molecule has 0 aliphatic carbocycles. The summed E-state index contributed by atoms with van der Waals surface area (Å²) in [4.78, 5) is 23.0. The van der Waals surface area contributed by atoms with Crippen molar-refractivity contribution < 1.29 is 28.5 Å². The zero-order valence-corrected chi connectivity index (χ0v) is 12.8. The van der Waals surface area contributed by atoms with Gasteiger partial charge in [-0.3, -0.25) is 0 Å². The molecule has 0 unspecified atom stereocenters. The third-order valence-electron chi connectivity index (χ3n) is 2.80. The Morgan fingerprint density at radius 2 is 1.35 bits per heavy atom. The van der Waals surface area contributed by atoms with Crippen LogP contribution in [0.2, 0.25) is 0 Å². The van der Waals surface area contributed by atoms with Crippen molar-refractivity contribution in [3.8, 4) is 17.2 Å². The van der Waals surface area contributed by atoms with E-state index < -0.39 is 12.1 Å². The number of methoxy groups -OCH3 is 1. The van der Waals surface area contributed by atoms with Gasteiger partial charge in [0, 0.05) is 0 Å². The van der Waals surface area contributed by atoms with Crippen molar-refractivity contribution in [3.05, 3.63) is 54.1 Å². The predicted octanol–water partition coefficient (Wildman–Crippen LogP) is 3.45. The molecular weight excluding hydrogens is 300 g/mol. The van der Waals surface area contributed by atoms with Gasteiger partial charge in [-0.05, 0) is 55.5 Å². The fourth-order valence-corrected chi connectivity index (χ4v) is 1.73. The second-order valence-corrected chi connectivity index (χ2v) is 4.37. The Bertz CT molecular complexity index is 660. The minimum Gasteiger partial charge on any atom is -0.494 e. The second-order valence-electron chi connectivity index (χ2n) is 4.37. The van der Waals surface area contributed by atoms with Gasteiger partial charge in [0.25, 0.3) is 0 Å². The lowest BCUT2D eigenvalue weighted by molar-refractivity contribution is 0.0734. The van der Waals surface area contributed by atoms with Gasteiger partial charge in [0.1, 0.15) is 17.2 Å². The maximum absolute atomic E-state index is 12.0. The summed E-state index contributed by atoms with van der Waals surface area (Å²) < 4.78 is 19.8. The SMILES string of the molecule is CCOc1ccc(OC(=O)c2ccc(OC(=O)OC)cc2)cc1. The number of hydrogen-bond donors (Lipinski definition) is 0. The monoisotopic (exact) mass is 316 g/mol. The first-order chi connectivity index (χ1) is 11.1. The lowest BCUT2D eigenvalue weighted by atomic mass is 10.2. The highest BCUT2D eigenvalue weighted by molar-refractivity contribution is 5.91. The molecule has 23 heavy (non-hydrogen) atoms. The Hall–Kier alpha value is -3.02. The molecule has 0 fully saturated rings. The van der Waals surface area contributed by atoms with Gasteiger partial charge in [0.15, 0.2) is 0 Å². The summed E-state index contributed by atoms with van der Waals surface area (Å²) in [7, 11) is 1.21. The van der Waals surface area contributed by atoms with Gasteiger partial charge < -0.3 is 18.9 Å². The fourth-order valence-electron chi connectivity index (χ4n) is 1.73. The smallest absolute Gasteiger partial charge is 0.494 e. The van der Waals surface area contributed by atoms with E-state index in [1.54, 1.807) is 24.3 Å². The molecule has 120 valence electrons. The van der Waals surface area contributed by atoms with Crippen molar-refractivity contribution in [2.24, 2.45) is 0 Å². The van der Waals surface area contributed by atoms with Crippen LogP contribution in [0.5, 0.6) is 17.2 Å². The molecule has 2 rings (SSSR count). The zero-order chi connectivity index (χ0) is 16.7. The maximum atomic E-state index is 12.0. The van der Waals surface area contributed by atoms with Crippen LogP contribution in [0.4, 0.5) is 4.79 Å². The molecule has 0 saturated carbocycles. The van der Waals surface area contributed by atoms with Crippen molar-refractivity contribution >= 4 is 12.1 Å². The van der Waals surface area contributed by atoms with Crippen LogP contribution < -0.4 is 14.2 Å². The molecule has 0 N–H and O–H groups in total. The van der Waals surface area contributed by atoms with Gasteiger partial charge >= 0.3 is 12.1 Å². The lowest BCUT2D eigenvalue weighted by Gasteiger charge is -2.07. The lowest BCUT2D eigenvalue weighted by Crippen LogP contribution is -2.09. The molecule has 6 nitrogen and oxygen atoms in total.